The summed E-state index contributed by atoms with van der Waals surface area (Å²) in [6.45, 7) is 0. The minimum Gasteiger partial charge on any atom is -0.285 e. The molecule has 0 saturated heterocycles. The molecular formula is C9H7ClN2O2S. The molecule has 0 aliphatic rings. The first-order valence-electron chi connectivity index (χ1n) is 4.11. The first-order chi connectivity index (χ1) is 7.07. The van der Waals surface area contributed by atoms with E-state index in [4.69, 9.17) is 10.7 Å². The third-order valence-corrected chi connectivity index (χ3v) is 3.30. The summed E-state index contributed by atoms with van der Waals surface area (Å²) in [5.41, 5.74) is 1.57. The van der Waals surface area contributed by atoms with Crippen molar-refractivity contribution in [2.75, 3.05) is 0 Å². The Morgan fingerprint density at radius 2 is 2.07 bits per heavy atom. The Morgan fingerprint density at radius 1 is 1.27 bits per heavy atom. The number of hydrogen-bond donors (Lipinski definition) is 1. The van der Waals surface area contributed by atoms with E-state index < -0.39 is 9.05 Å². The molecule has 1 aromatic heterocycles. The van der Waals surface area contributed by atoms with Gasteiger partial charge < -0.3 is 0 Å². The van der Waals surface area contributed by atoms with Crippen LogP contribution in [0.1, 0.15) is 0 Å². The second kappa shape index (κ2) is 3.67. The molecule has 0 unspecified atom stereocenters. The lowest BCUT2D eigenvalue weighted by atomic mass is 10.1. The van der Waals surface area contributed by atoms with Crippen LogP contribution >= 0.6 is 10.7 Å². The van der Waals surface area contributed by atoms with Crippen molar-refractivity contribution in [2.24, 2.45) is 0 Å². The molecule has 4 nitrogen and oxygen atoms in total. The summed E-state index contributed by atoms with van der Waals surface area (Å²) in [4.78, 5) is 0.0860. The van der Waals surface area contributed by atoms with E-state index in [0.29, 0.717) is 0 Å². The second-order valence-corrected chi connectivity index (χ2v) is 5.52. The highest BCUT2D eigenvalue weighted by Gasteiger charge is 2.10. The van der Waals surface area contributed by atoms with Gasteiger partial charge in [0.15, 0.2) is 0 Å². The molecule has 0 aliphatic heterocycles. The number of hydrogen-bond acceptors (Lipinski definition) is 3. The van der Waals surface area contributed by atoms with Crippen LogP contribution in [0.25, 0.3) is 11.1 Å². The minimum atomic E-state index is -3.67. The third-order valence-electron chi connectivity index (χ3n) is 1.95. The number of rotatable bonds is 2. The maximum atomic E-state index is 11.1. The van der Waals surface area contributed by atoms with Gasteiger partial charge in [0.1, 0.15) is 0 Å². The Hall–Kier alpha value is -1.33. The summed E-state index contributed by atoms with van der Waals surface area (Å²) in [6.07, 6.45) is 3.29. The largest absolute Gasteiger partial charge is 0.285 e. The van der Waals surface area contributed by atoms with E-state index in [2.05, 4.69) is 10.2 Å². The van der Waals surface area contributed by atoms with E-state index in [9.17, 15) is 8.42 Å². The van der Waals surface area contributed by atoms with Gasteiger partial charge in [0.05, 0.1) is 11.1 Å². The van der Waals surface area contributed by atoms with Crippen LogP contribution in [0.2, 0.25) is 0 Å². The molecule has 0 saturated carbocycles. The van der Waals surface area contributed by atoms with E-state index in [1.54, 1.807) is 24.5 Å². The molecule has 1 heterocycles. The van der Waals surface area contributed by atoms with E-state index in [-0.39, 0.29) is 4.90 Å². The topological polar surface area (TPSA) is 62.8 Å². The summed E-state index contributed by atoms with van der Waals surface area (Å²) >= 11 is 0. The molecule has 2 aromatic rings. The maximum Gasteiger partial charge on any atom is 0.261 e. The number of H-pyrrole nitrogens is 1. The maximum absolute atomic E-state index is 11.1. The predicted octanol–water partition coefficient (Wildman–Crippen LogP) is 2.00. The molecule has 15 heavy (non-hydrogen) atoms. The number of aromatic amines is 1. The van der Waals surface area contributed by atoms with Gasteiger partial charge in [-0.1, -0.05) is 12.1 Å². The molecule has 78 valence electrons. The van der Waals surface area contributed by atoms with E-state index in [1.165, 1.54) is 12.1 Å². The highest BCUT2D eigenvalue weighted by Crippen LogP contribution is 2.23. The van der Waals surface area contributed by atoms with E-state index >= 15 is 0 Å². The van der Waals surface area contributed by atoms with E-state index in [1.807, 2.05) is 0 Å². The number of nitrogens with zero attached hydrogens (tertiary/aromatic N) is 1. The zero-order valence-electron chi connectivity index (χ0n) is 7.51. The molecule has 0 amide bonds. The van der Waals surface area contributed by atoms with Crippen LogP contribution in [-0.2, 0) is 9.05 Å². The Kier molecular flexibility index (Phi) is 2.50. The zero-order valence-corrected chi connectivity index (χ0v) is 9.09. The molecule has 0 fully saturated rings. The highest BCUT2D eigenvalue weighted by atomic mass is 35.7. The van der Waals surface area contributed by atoms with E-state index in [0.717, 1.165) is 11.1 Å². The zero-order chi connectivity index (χ0) is 10.9. The Balaban J connectivity index is 2.53. The predicted molar refractivity (Wildman–Crippen MR) is 57.1 cm³/mol. The van der Waals surface area contributed by atoms with Crippen molar-refractivity contribution in [2.45, 2.75) is 4.90 Å². The van der Waals surface area contributed by atoms with Gasteiger partial charge in [0.25, 0.3) is 9.05 Å². The average molecular weight is 243 g/mol. The van der Waals surface area contributed by atoms with Crippen LogP contribution in [0, 0.1) is 0 Å². The van der Waals surface area contributed by atoms with Gasteiger partial charge in [-0.15, -0.1) is 0 Å². The van der Waals surface area contributed by atoms with Crippen molar-refractivity contribution >= 4 is 19.7 Å². The Labute approximate surface area is 91.3 Å². The monoisotopic (exact) mass is 242 g/mol. The lowest BCUT2D eigenvalue weighted by Crippen LogP contribution is -1.90. The highest BCUT2D eigenvalue weighted by molar-refractivity contribution is 8.13. The number of benzene rings is 1. The number of aromatic nitrogens is 2. The molecule has 1 aromatic carbocycles. The summed E-state index contributed by atoms with van der Waals surface area (Å²) in [7, 11) is 1.57. The van der Waals surface area contributed by atoms with Crippen molar-refractivity contribution in [3.05, 3.63) is 36.7 Å². The second-order valence-electron chi connectivity index (χ2n) is 2.95. The standard InChI is InChI=1S/C9H7ClN2O2S/c10-15(13,14)9-3-1-2-7(4-9)8-5-11-12-6-8/h1-6H,(H,11,12). The van der Waals surface area contributed by atoms with Gasteiger partial charge in [0.2, 0.25) is 0 Å². The van der Waals surface area contributed by atoms with Gasteiger partial charge >= 0.3 is 0 Å². The first-order valence-corrected chi connectivity index (χ1v) is 6.42. The van der Waals surface area contributed by atoms with Crippen molar-refractivity contribution in [1.29, 1.82) is 0 Å². The smallest absolute Gasteiger partial charge is 0.261 e. The van der Waals surface area contributed by atoms with Crippen LogP contribution in [-0.4, -0.2) is 18.6 Å². The molecule has 0 atom stereocenters. The summed E-state index contributed by atoms with van der Waals surface area (Å²) in [5, 5.41) is 6.44. The molecule has 0 aliphatic carbocycles. The van der Waals surface area contributed by atoms with Gasteiger partial charge in [0, 0.05) is 22.4 Å². The summed E-state index contributed by atoms with van der Waals surface area (Å²) in [6, 6.07) is 6.38. The molecule has 1 N–H and O–H groups in total. The average Bonchev–Trinajstić information content (AvgIpc) is 2.69. The molecular weight excluding hydrogens is 236 g/mol. The SMILES string of the molecule is O=S(=O)(Cl)c1cccc(-c2cn[nH]c2)c1. The lowest BCUT2D eigenvalue weighted by molar-refractivity contribution is 0.609. The molecule has 0 radical (unpaired) electrons. The quantitative estimate of drug-likeness (QED) is 0.820. The fraction of sp³-hybridized carbons (Fsp3) is 0. The molecule has 6 heteroatoms. The van der Waals surface area contributed by atoms with Crippen LogP contribution < -0.4 is 0 Å². The third kappa shape index (κ3) is 2.19. The first kappa shape index (κ1) is 10.2. The van der Waals surface area contributed by atoms with Gasteiger partial charge in [-0.3, -0.25) is 5.10 Å². The molecule has 2 rings (SSSR count). The summed E-state index contributed by atoms with van der Waals surface area (Å²) in [5.74, 6) is 0. The van der Waals surface area contributed by atoms with Gasteiger partial charge in [-0.05, 0) is 17.7 Å². The molecule has 0 spiro atoms. The molecule has 0 bridgehead atoms. The van der Waals surface area contributed by atoms with Crippen LogP contribution in [0.3, 0.4) is 0 Å². The van der Waals surface area contributed by atoms with Crippen LogP contribution in [0.4, 0.5) is 0 Å². The van der Waals surface area contributed by atoms with Crippen molar-refractivity contribution in [1.82, 2.24) is 10.2 Å². The normalized spacial score (nSPS) is 11.5. The summed E-state index contributed by atoms with van der Waals surface area (Å²) < 4.78 is 22.2. The van der Waals surface area contributed by atoms with Crippen LogP contribution in [0.5, 0.6) is 0 Å². The fourth-order valence-electron chi connectivity index (χ4n) is 1.24. The van der Waals surface area contributed by atoms with Gasteiger partial charge in [-0.2, -0.15) is 5.10 Å². The number of nitrogens with one attached hydrogen (secondary N) is 1. The van der Waals surface area contributed by atoms with Crippen LogP contribution in [0.15, 0.2) is 41.6 Å². The minimum absolute atomic E-state index is 0.0860. The van der Waals surface area contributed by atoms with Gasteiger partial charge in [-0.25, -0.2) is 8.42 Å². The lowest BCUT2D eigenvalue weighted by Gasteiger charge is -1.99. The Morgan fingerprint density at radius 3 is 2.67 bits per heavy atom. The fourth-order valence-corrected chi connectivity index (χ4v) is 2.03. The van der Waals surface area contributed by atoms with Crippen molar-refractivity contribution in [3.63, 3.8) is 0 Å². The van der Waals surface area contributed by atoms with Crippen molar-refractivity contribution < 1.29 is 8.42 Å². The Bertz CT molecular complexity index is 564. The number of halogens is 1. The van der Waals surface area contributed by atoms with Crippen molar-refractivity contribution in [3.8, 4) is 11.1 Å².